The normalized spacial score (nSPS) is 9.68. The molecule has 0 atom stereocenters. The Balaban J connectivity index is 2.08. The summed E-state index contributed by atoms with van der Waals surface area (Å²) in [6, 6.07) is 16.1. The van der Waals surface area contributed by atoms with Crippen molar-refractivity contribution in [3.8, 4) is 11.8 Å². The molecule has 94 valence electrons. The Bertz CT molecular complexity index is 647. The average Bonchev–Trinajstić information content (AvgIpc) is 2.45. The van der Waals surface area contributed by atoms with Gasteiger partial charge in [-0.1, -0.05) is 24.3 Å². The molecule has 4 heteroatoms. The molecule has 2 aromatic rings. The van der Waals surface area contributed by atoms with E-state index in [-0.39, 0.29) is 5.12 Å². The average molecular weight is 269 g/mol. The summed E-state index contributed by atoms with van der Waals surface area (Å²) in [5.74, 6) is 0.599. The van der Waals surface area contributed by atoms with Crippen LogP contribution in [0.15, 0.2) is 48.5 Å². The summed E-state index contributed by atoms with van der Waals surface area (Å²) in [5.41, 5.74) is 1.99. The lowest BCUT2D eigenvalue weighted by atomic mass is 10.1. The van der Waals surface area contributed by atoms with E-state index in [1.165, 1.54) is 0 Å². The van der Waals surface area contributed by atoms with Gasteiger partial charge in [0.15, 0.2) is 0 Å². The molecule has 0 saturated carbocycles. The summed E-state index contributed by atoms with van der Waals surface area (Å²) in [6.07, 6.45) is 0. The number of carbonyl (C=O) groups excluding carboxylic acids is 1. The van der Waals surface area contributed by atoms with Crippen molar-refractivity contribution in [2.24, 2.45) is 0 Å². The monoisotopic (exact) mass is 269 g/mol. The molecule has 0 aromatic heterocycles. The molecule has 3 nitrogen and oxygen atoms in total. The van der Waals surface area contributed by atoms with Crippen molar-refractivity contribution in [3.63, 3.8) is 0 Å². The number of hydrogen-bond acceptors (Lipinski definition) is 3. The van der Waals surface area contributed by atoms with Gasteiger partial charge in [0.1, 0.15) is 12.4 Å². The van der Waals surface area contributed by atoms with Gasteiger partial charge in [0.25, 0.3) is 0 Å². The van der Waals surface area contributed by atoms with Crippen LogP contribution in [0.5, 0.6) is 5.75 Å². The van der Waals surface area contributed by atoms with Gasteiger partial charge in [-0.3, -0.25) is 4.79 Å². The van der Waals surface area contributed by atoms with Crippen LogP contribution in [0.4, 0.5) is 0 Å². The highest BCUT2D eigenvalue weighted by Crippen LogP contribution is 2.16. The van der Waals surface area contributed by atoms with E-state index in [4.69, 9.17) is 10.00 Å². The number of benzene rings is 2. The van der Waals surface area contributed by atoms with Crippen LogP contribution in [-0.2, 0) is 6.61 Å². The van der Waals surface area contributed by atoms with E-state index in [9.17, 15) is 4.79 Å². The Morgan fingerprint density at radius 1 is 1.21 bits per heavy atom. The highest BCUT2D eigenvalue weighted by atomic mass is 32.1. The predicted octanol–water partition coefficient (Wildman–Crippen LogP) is 3.21. The molecule has 19 heavy (non-hydrogen) atoms. The minimum atomic E-state index is -0.295. The first-order valence-electron chi connectivity index (χ1n) is 5.64. The van der Waals surface area contributed by atoms with Crippen LogP contribution in [0.2, 0.25) is 0 Å². The summed E-state index contributed by atoms with van der Waals surface area (Å²) in [7, 11) is 0. The second-order valence-corrected chi connectivity index (χ2v) is 4.34. The van der Waals surface area contributed by atoms with E-state index in [1.54, 1.807) is 36.4 Å². The molecule has 0 spiro atoms. The zero-order valence-corrected chi connectivity index (χ0v) is 10.9. The molecule has 0 saturated heterocycles. The fraction of sp³-hybridized carbons (Fsp3) is 0.0667. The fourth-order valence-corrected chi connectivity index (χ4v) is 1.76. The highest BCUT2D eigenvalue weighted by molar-refractivity contribution is 7.97. The van der Waals surface area contributed by atoms with Crippen molar-refractivity contribution >= 4 is 17.7 Å². The Kier molecular flexibility index (Phi) is 4.22. The van der Waals surface area contributed by atoms with E-state index in [2.05, 4.69) is 18.7 Å². The summed E-state index contributed by atoms with van der Waals surface area (Å²) in [6.45, 7) is 0.347. The summed E-state index contributed by atoms with van der Waals surface area (Å²) < 4.78 is 5.59. The number of nitrogens with zero attached hydrogens (tertiary/aromatic N) is 1. The maximum absolute atomic E-state index is 11.1. The second-order valence-electron chi connectivity index (χ2n) is 3.93. The quantitative estimate of drug-likeness (QED) is 0.867. The molecule has 0 heterocycles. The Morgan fingerprint density at radius 2 is 2.00 bits per heavy atom. The van der Waals surface area contributed by atoms with Crippen molar-refractivity contribution in [2.75, 3.05) is 0 Å². The standard InChI is InChI=1S/C15H11NO2S/c16-9-11-3-1-4-12(7-11)10-18-14-6-2-5-13(8-14)15(17)19/h1-8H,10H2,(H,17,19). The number of carbonyl (C=O) groups is 1. The minimum absolute atomic E-state index is 0.295. The zero-order chi connectivity index (χ0) is 13.7. The molecule has 0 unspecified atom stereocenters. The Labute approximate surface area is 116 Å². The van der Waals surface area contributed by atoms with E-state index in [0.29, 0.717) is 23.5 Å². The largest absolute Gasteiger partial charge is 0.489 e. The molecule has 0 amide bonds. The predicted molar refractivity (Wildman–Crippen MR) is 75.2 cm³/mol. The third kappa shape index (κ3) is 3.60. The van der Waals surface area contributed by atoms with Crippen molar-refractivity contribution in [1.82, 2.24) is 0 Å². The number of ether oxygens (including phenoxy) is 1. The number of hydrogen-bond donors (Lipinski definition) is 1. The fourth-order valence-electron chi connectivity index (χ4n) is 1.62. The number of rotatable bonds is 4. The summed E-state index contributed by atoms with van der Waals surface area (Å²) >= 11 is 3.77. The van der Waals surface area contributed by atoms with Crippen molar-refractivity contribution in [2.45, 2.75) is 6.61 Å². The topological polar surface area (TPSA) is 50.1 Å². The van der Waals surface area contributed by atoms with E-state index >= 15 is 0 Å². The van der Waals surface area contributed by atoms with Gasteiger partial charge in [-0.2, -0.15) is 5.26 Å². The van der Waals surface area contributed by atoms with Crippen LogP contribution < -0.4 is 4.74 Å². The lowest BCUT2D eigenvalue weighted by Gasteiger charge is -2.07. The van der Waals surface area contributed by atoms with Crippen LogP contribution in [0, 0.1) is 11.3 Å². The lowest BCUT2D eigenvalue weighted by Crippen LogP contribution is -1.97. The number of thiol groups is 1. The summed E-state index contributed by atoms with van der Waals surface area (Å²) in [5, 5.41) is 8.51. The van der Waals surface area contributed by atoms with Crippen LogP contribution >= 0.6 is 12.6 Å². The van der Waals surface area contributed by atoms with Gasteiger partial charge in [0, 0.05) is 5.56 Å². The highest BCUT2D eigenvalue weighted by Gasteiger charge is 2.02. The van der Waals surface area contributed by atoms with Gasteiger partial charge in [-0.05, 0) is 29.8 Å². The smallest absolute Gasteiger partial charge is 0.216 e. The summed E-state index contributed by atoms with van der Waals surface area (Å²) in [4.78, 5) is 11.1. The number of nitriles is 1. The SMILES string of the molecule is N#Cc1cccc(COc2cccc(C(=O)S)c2)c1. The molecule has 0 aliphatic carbocycles. The zero-order valence-electron chi connectivity index (χ0n) is 10.0. The van der Waals surface area contributed by atoms with Gasteiger partial charge >= 0.3 is 0 Å². The maximum atomic E-state index is 11.1. The molecule has 2 aromatic carbocycles. The minimum Gasteiger partial charge on any atom is -0.489 e. The molecule has 0 fully saturated rings. The van der Waals surface area contributed by atoms with E-state index in [1.807, 2.05) is 12.1 Å². The van der Waals surface area contributed by atoms with Crippen molar-refractivity contribution in [3.05, 3.63) is 65.2 Å². The first kappa shape index (κ1) is 13.2. The first-order valence-corrected chi connectivity index (χ1v) is 6.09. The van der Waals surface area contributed by atoms with Crippen LogP contribution in [0.1, 0.15) is 21.5 Å². The van der Waals surface area contributed by atoms with Crippen LogP contribution in [0.3, 0.4) is 0 Å². The van der Waals surface area contributed by atoms with Crippen molar-refractivity contribution in [1.29, 1.82) is 5.26 Å². The van der Waals surface area contributed by atoms with E-state index in [0.717, 1.165) is 5.56 Å². The second kappa shape index (κ2) is 6.07. The first-order chi connectivity index (χ1) is 9.19. The molecule has 0 bridgehead atoms. The molecule has 0 aliphatic rings. The van der Waals surface area contributed by atoms with Gasteiger partial charge in [0.05, 0.1) is 11.6 Å². The molecule has 2 rings (SSSR count). The third-order valence-electron chi connectivity index (χ3n) is 2.54. The van der Waals surface area contributed by atoms with Gasteiger partial charge in [-0.15, -0.1) is 12.6 Å². The van der Waals surface area contributed by atoms with Crippen LogP contribution in [-0.4, -0.2) is 5.12 Å². The Hall–Kier alpha value is -2.25. The lowest BCUT2D eigenvalue weighted by molar-refractivity contribution is 0.109. The molecule has 0 radical (unpaired) electrons. The van der Waals surface area contributed by atoms with Gasteiger partial charge in [0.2, 0.25) is 5.12 Å². The Morgan fingerprint density at radius 3 is 2.74 bits per heavy atom. The molecular formula is C15H11NO2S. The van der Waals surface area contributed by atoms with Gasteiger partial charge in [-0.25, -0.2) is 0 Å². The van der Waals surface area contributed by atoms with Gasteiger partial charge < -0.3 is 4.74 Å². The molecule has 0 aliphatic heterocycles. The molecular weight excluding hydrogens is 258 g/mol. The third-order valence-corrected chi connectivity index (χ3v) is 2.80. The van der Waals surface area contributed by atoms with E-state index < -0.39 is 0 Å². The molecule has 0 N–H and O–H groups in total. The van der Waals surface area contributed by atoms with Crippen molar-refractivity contribution < 1.29 is 9.53 Å². The maximum Gasteiger partial charge on any atom is 0.216 e. The van der Waals surface area contributed by atoms with Crippen LogP contribution in [0.25, 0.3) is 0 Å².